The fourth-order valence-electron chi connectivity index (χ4n) is 0.714. The van der Waals surface area contributed by atoms with E-state index in [0.717, 1.165) is 49.0 Å². The Balaban J connectivity index is 0.000000292. The molecule has 0 N–H and O–H groups in total. The summed E-state index contributed by atoms with van der Waals surface area (Å²) in [6, 6.07) is 10.6. The molecular formula is C8H8KNSe. The van der Waals surface area contributed by atoms with E-state index in [1.807, 2.05) is 0 Å². The van der Waals surface area contributed by atoms with E-state index in [9.17, 15) is 0 Å². The number of hydrogen-bond donors (Lipinski definition) is 0. The van der Waals surface area contributed by atoms with E-state index in [1.165, 1.54) is 6.08 Å². The number of rotatable bonds is 1. The number of benzene rings is 1. The van der Waals surface area contributed by atoms with E-state index in [0.29, 0.717) is 0 Å². The zero-order valence-corrected chi connectivity index (χ0v) is 11.5. The minimum absolute atomic E-state index is 0.967. The Morgan fingerprint density at radius 1 is 1.36 bits per heavy atom. The number of nitriles is 1. The van der Waals surface area contributed by atoms with Crippen molar-refractivity contribution in [2.24, 2.45) is 0 Å². The molecular weight excluding hydrogens is 228 g/mol. The summed E-state index contributed by atoms with van der Waals surface area (Å²) >= 11 is 2.74. The predicted molar refractivity (Wildman–Crippen MR) is 48.7 cm³/mol. The summed E-state index contributed by atoms with van der Waals surface area (Å²) < 4.78 is 1.33. The normalized spacial score (nSPS) is 7.45. The van der Waals surface area contributed by atoms with Crippen molar-refractivity contribution >= 4 is 65.0 Å². The predicted octanol–water partition coefficient (Wildman–Crippen LogP) is 0.723. The monoisotopic (exact) mass is 237 g/mol. The van der Waals surface area contributed by atoms with Crippen LogP contribution in [0.3, 0.4) is 0 Å². The molecule has 1 nitrogen and oxygen atoms in total. The van der Waals surface area contributed by atoms with E-state index in [4.69, 9.17) is 5.26 Å². The first kappa shape index (κ1) is 11.9. The summed E-state index contributed by atoms with van der Waals surface area (Å²) in [4.78, 5) is 1.69. The molecule has 0 unspecified atom stereocenters. The average molecular weight is 236 g/mol. The summed E-state index contributed by atoms with van der Waals surface area (Å²) in [5, 5.41) is 7.29. The van der Waals surface area contributed by atoms with Crippen LogP contribution in [-0.4, -0.2) is 65.0 Å². The standard InChI is InChI=1S/C7H7.CHNSe.K/c1-7-5-3-2-4-6-7;2-1-3;/h2-6H,1H2;3H;. The molecule has 0 aliphatic heterocycles. The Bertz CT molecular complexity index is 217. The molecule has 0 aromatic heterocycles. The van der Waals surface area contributed by atoms with Gasteiger partial charge in [-0.3, -0.25) is 0 Å². The Morgan fingerprint density at radius 3 is 2.09 bits per heavy atom. The second-order valence-electron chi connectivity index (χ2n) is 1.94. The van der Waals surface area contributed by atoms with Gasteiger partial charge in [0.2, 0.25) is 0 Å². The molecule has 52 valence electrons. The molecule has 0 aliphatic rings. The van der Waals surface area contributed by atoms with Crippen molar-refractivity contribution in [1.29, 1.82) is 5.26 Å². The van der Waals surface area contributed by atoms with Crippen molar-refractivity contribution in [2.45, 2.75) is 0.515 Å². The summed E-state index contributed by atoms with van der Waals surface area (Å²) in [5.74, 6) is 0. The third-order valence-corrected chi connectivity index (χ3v) is 2.53. The quantitative estimate of drug-likeness (QED) is 0.659. The van der Waals surface area contributed by atoms with Gasteiger partial charge in [-0.2, -0.15) is 0 Å². The molecule has 0 heterocycles. The number of nitrogens with zero attached hydrogens (tertiary/aromatic N) is 1. The number of hydrogen-bond acceptors (Lipinski definition) is 1. The minimum atomic E-state index is 0.967. The topological polar surface area (TPSA) is 23.8 Å². The molecule has 1 aromatic carbocycles. The molecule has 1 aromatic rings. The molecule has 11 heavy (non-hydrogen) atoms. The first-order chi connectivity index (χ1) is 5.35. The van der Waals surface area contributed by atoms with Gasteiger partial charge in [0.1, 0.15) is 0 Å². The molecule has 0 saturated carbocycles. The Hall–Kier alpha value is 0.866. The van der Waals surface area contributed by atoms with Crippen LogP contribution in [0.5, 0.6) is 0 Å². The Kier molecular flexibility index (Phi) is 9.66. The van der Waals surface area contributed by atoms with Crippen LogP contribution < -0.4 is 0 Å². The molecule has 1 rings (SSSR count). The van der Waals surface area contributed by atoms with Crippen molar-refractivity contribution in [3.05, 3.63) is 35.9 Å². The molecule has 0 spiro atoms. The summed E-state index contributed by atoms with van der Waals surface area (Å²) in [6.07, 6.45) is 0. The summed E-state index contributed by atoms with van der Waals surface area (Å²) in [6.45, 7) is 0. The van der Waals surface area contributed by atoms with Gasteiger partial charge in [-0.25, -0.2) is 0 Å². The maximum absolute atomic E-state index is 7.29. The Morgan fingerprint density at radius 2 is 1.82 bits per heavy atom. The van der Waals surface area contributed by atoms with Crippen LogP contribution >= 0.6 is 0 Å². The van der Waals surface area contributed by atoms with Crippen LogP contribution in [0, 0.1) is 10.2 Å². The van der Waals surface area contributed by atoms with Crippen LogP contribution in [-0.2, 0) is 0.515 Å². The third kappa shape index (κ3) is 7.23. The molecule has 0 amide bonds. The van der Waals surface area contributed by atoms with Crippen molar-refractivity contribution < 1.29 is 0 Å². The fraction of sp³-hybridized carbons (Fsp3) is 0.125. The maximum atomic E-state index is 7.29. The van der Waals surface area contributed by atoms with E-state index < -0.39 is 0 Å². The van der Waals surface area contributed by atoms with Gasteiger partial charge in [-0.05, 0) is 0 Å². The van der Waals surface area contributed by atoms with E-state index in [1.54, 1.807) is 21.0 Å². The van der Waals surface area contributed by atoms with Crippen LogP contribution in [0.4, 0.5) is 0 Å². The van der Waals surface area contributed by atoms with Gasteiger partial charge in [0.25, 0.3) is 0 Å². The van der Waals surface area contributed by atoms with Crippen molar-refractivity contribution in [2.75, 3.05) is 0 Å². The van der Waals surface area contributed by atoms with Crippen LogP contribution in [0.1, 0.15) is 5.56 Å². The van der Waals surface area contributed by atoms with Gasteiger partial charge in [0.15, 0.2) is 0 Å². The zero-order chi connectivity index (χ0) is 8.53. The van der Waals surface area contributed by atoms with E-state index >= 15 is 0 Å². The molecule has 0 radical (unpaired) electrons. The van der Waals surface area contributed by atoms with Gasteiger partial charge in [0.05, 0.1) is 0 Å². The second-order valence-corrected chi connectivity index (χ2v) is 3.46. The van der Waals surface area contributed by atoms with Gasteiger partial charge in [-0.15, -0.1) is 0 Å². The summed E-state index contributed by atoms with van der Waals surface area (Å²) in [7, 11) is 0. The SMILES string of the molecule is N#C[SeH].[K][CH2]c1ccccc1. The van der Waals surface area contributed by atoms with Crippen molar-refractivity contribution in [3.63, 3.8) is 0 Å². The van der Waals surface area contributed by atoms with Crippen LogP contribution in [0.15, 0.2) is 30.3 Å². The third-order valence-electron chi connectivity index (χ3n) is 1.25. The average Bonchev–Trinajstić information content (AvgIpc) is 2.08. The Labute approximate surface area is 110 Å². The van der Waals surface area contributed by atoms with E-state index in [2.05, 4.69) is 30.3 Å². The summed E-state index contributed by atoms with van der Waals surface area (Å²) in [5.41, 5.74) is 1.49. The fourth-order valence-corrected chi connectivity index (χ4v) is 1.45. The van der Waals surface area contributed by atoms with Gasteiger partial charge >= 0.3 is 112 Å². The molecule has 0 atom stereocenters. The molecule has 3 heteroatoms. The molecule has 0 bridgehead atoms. The van der Waals surface area contributed by atoms with Crippen LogP contribution in [0.25, 0.3) is 0 Å². The second kappa shape index (κ2) is 8.96. The molecule has 0 fully saturated rings. The van der Waals surface area contributed by atoms with Gasteiger partial charge in [0, 0.05) is 0 Å². The van der Waals surface area contributed by atoms with Crippen molar-refractivity contribution in [1.82, 2.24) is 0 Å². The van der Waals surface area contributed by atoms with E-state index in [-0.39, 0.29) is 0 Å². The zero-order valence-electron chi connectivity index (χ0n) is 6.49. The molecule has 0 aliphatic carbocycles. The first-order valence-electron chi connectivity index (χ1n) is 3.42. The molecule has 0 saturated heterocycles. The van der Waals surface area contributed by atoms with Gasteiger partial charge in [-0.1, -0.05) is 0 Å². The first-order valence-corrected chi connectivity index (χ1v) is 6.57. The van der Waals surface area contributed by atoms with Crippen molar-refractivity contribution in [3.8, 4) is 4.97 Å². The van der Waals surface area contributed by atoms with Crippen LogP contribution in [0.2, 0.25) is 0 Å². The van der Waals surface area contributed by atoms with Gasteiger partial charge < -0.3 is 0 Å².